The van der Waals surface area contributed by atoms with Gasteiger partial charge in [0.25, 0.3) is 0 Å². The maximum absolute atomic E-state index is 5.40. The van der Waals surface area contributed by atoms with Gasteiger partial charge in [-0.05, 0) is 12.8 Å². The van der Waals surface area contributed by atoms with E-state index in [1.807, 2.05) is 0 Å². The van der Waals surface area contributed by atoms with Crippen molar-refractivity contribution < 1.29 is 4.74 Å². The van der Waals surface area contributed by atoms with Gasteiger partial charge in [0.2, 0.25) is 0 Å². The molecule has 1 atom stereocenters. The van der Waals surface area contributed by atoms with E-state index in [0.29, 0.717) is 5.54 Å². The van der Waals surface area contributed by atoms with Gasteiger partial charge in [-0.2, -0.15) is 0 Å². The molecule has 1 heterocycles. The fourth-order valence-electron chi connectivity index (χ4n) is 1.96. The zero-order valence-electron chi connectivity index (χ0n) is 9.07. The number of ether oxygens (including phenoxy) is 1. The van der Waals surface area contributed by atoms with Crippen LogP contribution in [0.3, 0.4) is 0 Å². The molecule has 0 bridgehead atoms. The Morgan fingerprint density at radius 1 is 1.23 bits per heavy atom. The van der Waals surface area contributed by atoms with Gasteiger partial charge < -0.3 is 4.74 Å². The van der Waals surface area contributed by atoms with E-state index < -0.39 is 0 Å². The summed E-state index contributed by atoms with van der Waals surface area (Å²) in [6.07, 6.45) is 7.89. The highest BCUT2D eigenvalue weighted by molar-refractivity contribution is 4.88. The Kier molecular flexibility index (Phi) is 4.74. The van der Waals surface area contributed by atoms with E-state index in [9.17, 15) is 0 Å². The summed E-state index contributed by atoms with van der Waals surface area (Å²) in [6.45, 7) is 6.17. The maximum atomic E-state index is 5.40. The molecule has 0 amide bonds. The van der Waals surface area contributed by atoms with E-state index in [4.69, 9.17) is 4.74 Å². The molecule has 1 rings (SSSR count). The fourth-order valence-corrected chi connectivity index (χ4v) is 1.96. The standard InChI is InChI=1S/C11H23NO/c1-3-5-6-7-8-11(4-2)9-13-10-12-11/h12H,3-10H2,1-2H3. The molecule has 1 unspecified atom stereocenters. The SMILES string of the molecule is CCCCCCC1(CC)COCN1. The Morgan fingerprint density at radius 2 is 2.08 bits per heavy atom. The average molecular weight is 185 g/mol. The Hall–Kier alpha value is -0.0800. The van der Waals surface area contributed by atoms with Crippen molar-refractivity contribution >= 4 is 0 Å². The van der Waals surface area contributed by atoms with Crippen molar-refractivity contribution in [1.29, 1.82) is 0 Å². The van der Waals surface area contributed by atoms with Gasteiger partial charge in [-0.3, -0.25) is 5.32 Å². The Bertz CT molecular complexity index is 130. The minimum atomic E-state index is 0.313. The van der Waals surface area contributed by atoms with Crippen molar-refractivity contribution in [2.75, 3.05) is 13.3 Å². The first-order valence-electron chi connectivity index (χ1n) is 5.66. The van der Waals surface area contributed by atoms with E-state index in [1.165, 1.54) is 38.5 Å². The van der Waals surface area contributed by atoms with Crippen LogP contribution >= 0.6 is 0 Å². The van der Waals surface area contributed by atoms with E-state index in [0.717, 1.165) is 13.3 Å². The molecule has 1 aliphatic rings. The van der Waals surface area contributed by atoms with Crippen molar-refractivity contribution in [1.82, 2.24) is 5.32 Å². The van der Waals surface area contributed by atoms with Gasteiger partial charge in [-0.1, -0.05) is 39.5 Å². The molecule has 2 nitrogen and oxygen atoms in total. The van der Waals surface area contributed by atoms with Crippen molar-refractivity contribution in [3.63, 3.8) is 0 Å². The third-order valence-electron chi connectivity index (χ3n) is 3.11. The second-order valence-corrected chi connectivity index (χ2v) is 4.11. The van der Waals surface area contributed by atoms with Crippen LogP contribution in [0.15, 0.2) is 0 Å². The Balaban J connectivity index is 2.16. The van der Waals surface area contributed by atoms with Gasteiger partial charge in [0.1, 0.15) is 0 Å². The van der Waals surface area contributed by atoms with E-state index in [2.05, 4.69) is 19.2 Å². The lowest BCUT2D eigenvalue weighted by molar-refractivity contribution is 0.171. The molecule has 0 aromatic heterocycles. The van der Waals surface area contributed by atoms with Crippen LogP contribution in [0, 0.1) is 0 Å². The summed E-state index contributed by atoms with van der Waals surface area (Å²) in [7, 11) is 0. The molecule has 0 radical (unpaired) electrons. The highest BCUT2D eigenvalue weighted by Gasteiger charge is 2.31. The minimum absolute atomic E-state index is 0.313. The predicted molar refractivity (Wildman–Crippen MR) is 55.7 cm³/mol. The van der Waals surface area contributed by atoms with Crippen LogP contribution in [0.1, 0.15) is 52.4 Å². The van der Waals surface area contributed by atoms with Crippen LogP contribution in [0.25, 0.3) is 0 Å². The molecular formula is C11H23NO. The van der Waals surface area contributed by atoms with Crippen LogP contribution in [0.5, 0.6) is 0 Å². The quantitative estimate of drug-likeness (QED) is 0.642. The molecular weight excluding hydrogens is 162 g/mol. The van der Waals surface area contributed by atoms with Crippen molar-refractivity contribution in [2.45, 2.75) is 57.9 Å². The van der Waals surface area contributed by atoms with Gasteiger partial charge in [-0.25, -0.2) is 0 Å². The molecule has 0 aromatic rings. The number of hydrogen-bond donors (Lipinski definition) is 1. The van der Waals surface area contributed by atoms with Crippen LogP contribution < -0.4 is 5.32 Å². The van der Waals surface area contributed by atoms with E-state index >= 15 is 0 Å². The van der Waals surface area contributed by atoms with Gasteiger partial charge >= 0.3 is 0 Å². The first kappa shape index (κ1) is 11.0. The zero-order chi connectivity index (χ0) is 9.57. The van der Waals surface area contributed by atoms with Gasteiger partial charge in [0, 0.05) is 5.54 Å². The molecule has 13 heavy (non-hydrogen) atoms. The van der Waals surface area contributed by atoms with Gasteiger partial charge in [0.15, 0.2) is 0 Å². The number of rotatable bonds is 6. The lowest BCUT2D eigenvalue weighted by Crippen LogP contribution is -2.41. The molecule has 78 valence electrons. The molecule has 1 N–H and O–H groups in total. The first-order chi connectivity index (χ1) is 6.33. The molecule has 0 aliphatic carbocycles. The molecule has 0 saturated carbocycles. The molecule has 0 spiro atoms. The number of hydrogen-bond acceptors (Lipinski definition) is 2. The topological polar surface area (TPSA) is 21.3 Å². The van der Waals surface area contributed by atoms with Crippen molar-refractivity contribution in [3.8, 4) is 0 Å². The summed E-state index contributed by atoms with van der Waals surface area (Å²) in [4.78, 5) is 0. The van der Waals surface area contributed by atoms with Crippen molar-refractivity contribution in [2.24, 2.45) is 0 Å². The second-order valence-electron chi connectivity index (χ2n) is 4.11. The fraction of sp³-hybridized carbons (Fsp3) is 1.00. The first-order valence-corrected chi connectivity index (χ1v) is 5.66. The minimum Gasteiger partial charge on any atom is -0.364 e. The van der Waals surface area contributed by atoms with Crippen molar-refractivity contribution in [3.05, 3.63) is 0 Å². The monoisotopic (exact) mass is 185 g/mol. The number of nitrogens with one attached hydrogen (secondary N) is 1. The lowest BCUT2D eigenvalue weighted by atomic mass is 9.91. The molecule has 1 saturated heterocycles. The molecule has 1 aliphatic heterocycles. The van der Waals surface area contributed by atoms with Crippen LogP contribution in [0.4, 0.5) is 0 Å². The summed E-state index contributed by atoms with van der Waals surface area (Å²) in [5.41, 5.74) is 0.313. The second kappa shape index (κ2) is 5.61. The summed E-state index contributed by atoms with van der Waals surface area (Å²) in [5, 5.41) is 3.47. The maximum Gasteiger partial charge on any atom is 0.0971 e. The number of unbranched alkanes of at least 4 members (excludes halogenated alkanes) is 3. The third kappa shape index (κ3) is 3.28. The average Bonchev–Trinajstić information content (AvgIpc) is 2.62. The zero-order valence-corrected chi connectivity index (χ0v) is 9.07. The largest absolute Gasteiger partial charge is 0.364 e. The molecule has 1 fully saturated rings. The van der Waals surface area contributed by atoms with E-state index in [-0.39, 0.29) is 0 Å². The van der Waals surface area contributed by atoms with Crippen LogP contribution in [0.2, 0.25) is 0 Å². The van der Waals surface area contributed by atoms with E-state index in [1.54, 1.807) is 0 Å². The molecule has 0 aromatic carbocycles. The summed E-state index contributed by atoms with van der Waals surface area (Å²) in [5.74, 6) is 0. The highest BCUT2D eigenvalue weighted by atomic mass is 16.5. The predicted octanol–water partition coefficient (Wildman–Crippen LogP) is 2.68. The van der Waals surface area contributed by atoms with Gasteiger partial charge in [-0.15, -0.1) is 0 Å². The highest BCUT2D eigenvalue weighted by Crippen LogP contribution is 2.23. The Labute approximate surface area is 82.0 Å². The summed E-state index contributed by atoms with van der Waals surface area (Å²) < 4.78 is 5.40. The smallest absolute Gasteiger partial charge is 0.0971 e. The normalized spacial score (nSPS) is 28.2. The Morgan fingerprint density at radius 3 is 2.62 bits per heavy atom. The lowest BCUT2D eigenvalue weighted by Gasteiger charge is -2.26. The van der Waals surface area contributed by atoms with Crippen LogP contribution in [-0.2, 0) is 4.74 Å². The van der Waals surface area contributed by atoms with Gasteiger partial charge in [0.05, 0.1) is 13.3 Å². The summed E-state index contributed by atoms with van der Waals surface area (Å²) >= 11 is 0. The molecule has 2 heteroatoms. The third-order valence-corrected chi connectivity index (χ3v) is 3.11. The summed E-state index contributed by atoms with van der Waals surface area (Å²) in [6, 6.07) is 0. The van der Waals surface area contributed by atoms with Crippen LogP contribution in [-0.4, -0.2) is 18.9 Å².